The highest BCUT2D eigenvalue weighted by Crippen LogP contribution is 2.15. The molecule has 0 saturated heterocycles. The Balaban J connectivity index is 2.08. The summed E-state index contributed by atoms with van der Waals surface area (Å²) in [6.45, 7) is 0.439. The normalized spacial score (nSPS) is 11.5. The van der Waals surface area contributed by atoms with Crippen LogP contribution in [0.15, 0.2) is 69.5 Å². The third-order valence-corrected chi connectivity index (χ3v) is 2.40. The van der Waals surface area contributed by atoms with Crippen LogP contribution in [0.5, 0.6) is 0 Å². The zero-order valence-corrected chi connectivity index (χ0v) is 10.2. The second-order valence-electron chi connectivity index (χ2n) is 3.70. The summed E-state index contributed by atoms with van der Waals surface area (Å²) in [5.41, 5.74) is 10.9. The molecule has 2 aromatic rings. The van der Waals surface area contributed by atoms with E-state index in [1.165, 1.54) is 0 Å². The standard InChI is InChI=1S/C14H12N4O/c15-18-17-14(13-4-2-1-3-5-13)6-8-16-10-12-7-9-19-11-12/h1-7,9-11H,8H2/b14-6-,16-10?. The van der Waals surface area contributed by atoms with Crippen molar-refractivity contribution in [2.24, 2.45) is 10.1 Å². The lowest BCUT2D eigenvalue weighted by atomic mass is 10.1. The van der Waals surface area contributed by atoms with Gasteiger partial charge >= 0.3 is 0 Å². The number of hydrogen-bond acceptors (Lipinski definition) is 3. The van der Waals surface area contributed by atoms with Gasteiger partial charge in [0.05, 0.1) is 19.1 Å². The van der Waals surface area contributed by atoms with Crippen LogP contribution < -0.4 is 0 Å². The first kappa shape index (κ1) is 12.7. The lowest BCUT2D eigenvalue weighted by molar-refractivity contribution is 0.567. The van der Waals surface area contributed by atoms with Gasteiger partial charge < -0.3 is 4.42 Å². The molecule has 1 aromatic carbocycles. The van der Waals surface area contributed by atoms with E-state index in [1.807, 2.05) is 36.4 Å². The summed E-state index contributed by atoms with van der Waals surface area (Å²) in [4.78, 5) is 7.05. The predicted octanol–water partition coefficient (Wildman–Crippen LogP) is 4.05. The van der Waals surface area contributed by atoms with Gasteiger partial charge in [-0.2, -0.15) is 0 Å². The molecule has 5 nitrogen and oxygen atoms in total. The Bertz CT molecular complexity index is 608. The molecule has 0 aliphatic carbocycles. The van der Waals surface area contributed by atoms with Crippen molar-refractivity contribution in [3.63, 3.8) is 0 Å². The summed E-state index contributed by atoms with van der Waals surface area (Å²) in [7, 11) is 0. The first-order valence-corrected chi connectivity index (χ1v) is 5.73. The molecule has 5 heteroatoms. The molecule has 0 bridgehead atoms. The molecule has 19 heavy (non-hydrogen) atoms. The molecule has 0 atom stereocenters. The van der Waals surface area contributed by atoms with Crippen LogP contribution in [-0.2, 0) is 0 Å². The fraction of sp³-hybridized carbons (Fsp3) is 0.0714. The maximum absolute atomic E-state index is 8.57. The van der Waals surface area contributed by atoms with Crippen molar-refractivity contribution in [2.45, 2.75) is 0 Å². The maximum Gasteiger partial charge on any atom is 0.0990 e. The van der Waals surface area contributed by atoms with E-state index in [4.69, 9.17) is 9.95 Å². The molecular formula is C14H12N4O. The zero-order valence-electron chi connectivity index (χ0n) is 10.2. The molecule has 0 aliphatic rings. The minimum atomic E-state index is 0.439. The lowest BCUT2D eigenvalue weighted by Crippen LogP contribution is -1.83. The molecule has 0 unspecified atom stereocenters. The Morgan fingerprint density at radius 1 is 1.26 bits per heavy atom. The Hall–Kier alpha value is -2.78. The SMILES string of the molecule is [N-]=[N+]=N/C(=C\CN=Cc1ccoc1)c1ccccc1. The Labute approximate surface area is 110 Å². The van der Waals surface area contributed by atoms with E-state index in [2.05, 4.69) is 15.0 Å². The van der Waals surface area contributed by atoms with E-state index in [9.17, 15) is 0 Å². The van der Waals surface area contributed by atoms with Crippen molar-refractivity contribution in [3.05, 3.63) is 76.6 Å². The van der Waals surface area contributed by atoms with Crippen LogP contribution in [-0.4, -0.2) is 12.8 Å². The Morgan fingerprint density at radius 2 is 2.11 bits per heavy atom. The first-order chi connectivity index (χ1) is 9.40. The van der Waals surface area contributed by atoms with Crippen molar-refractivity contribution in [2.75, 3.05) is 6.54 Å². The third kappa shape index (κ3) is 3.87. The van der Waals surface area contributed by atoms with Crippen LogP contribution in [0.2, 0.25) is 0 Å². The molecule has 0 radical (unpaired) electrons. The van der Waals surface area contributed by atoms with Crippen molar-refractivity contribution < 1.29 is 4.42 Å². The molecule has 0 spiro atoms. The minimum Gasteiger partial charge on any atom is -0.472 e. The van der Waals surface area contributed by atoms with Gasteiger partial charge in [-0.25, -0.2) is 0 Å². The van der Waals surface area contributed by atoms with Crippen LogP contribution >= 0.6 is 0 Å². The van der Waals surface area contributed by atoms with E-state index >= 15 is 0 Å². The number of furan rings is 1. The molecule has 94 valence electrons. The van der Waals surface area contributed by atoms with Crippen LogP contribution in [0.3, 0.4) is 0 Å². The van der Waals surface area contributed by atoms with Gasteiger partial charge in [-0.3, -0.25) is 4.99 Å². The number of azide groups is 1. The third-order valence-electron chi connectivity index (χ3n) is 2.40. The minimum absolute atomic E-state index is 0.439. The number of benzene rings is 1. The molecule has 1 heterocycles. The van der Waals surface area contributed by atoms with Crippen molar-refractivity contribution >= 4 is 11.9 Å². The van der Waals surface area contributed by atoms with E-state index < -0.39 is 0 Å². The van der Waals surface area contributed by atoms with Gasteiger partial charge in [0, 0.05) is 22.4 Å². The Morgan fingerprint density at radius 3 is 2.79 bits per heavy atom. The summed E-state index contributed by atoms with van der Waals surface area (Å²) in [5.74, 6) is 0. The number of hydrogen-bond donors (Lipinski definition) is 0. The molecule has 1 aromatic heterocycles. The number of nitrogens with zero attached hydrogens (tertiary/aromatic N) is 4. The molecule has 0 N–H and O–H groups in total. The van der Waals surface area contributed by atoms with E-state index in [-0.39, 0.29) is 0 Å². The fourth-order valence-corrected chi connectivity index (χ4v) is 1.52. The highest BCUT2D eigenvalue weighted by atomic mass is 16.3. The fourth-order valence-electron chi connectivity index (χ4n) is 1.52. The summed E-state index contributed by atoms with van der Waals surface area (Å²) >= 11 is 0. The molecule has 2 rings (SSSR count). The summed E-state index contributed by atoms with van der Waals surface area (Å²) in [6, 6.07) is 11.3. The molecule has 0 fully saturated rings. The van der Waals surface area contributed by atoms with Crippen LogP contribution in [0.1, 0.15) is 11.1 Å². The summed E-state index contributed by atoms with van der Waals surface area (Å²) < 4.78 is 4.93. The van der Waals surface area contributed by atoms with Gasteiger partial charge in [-0.05, 0) is 17.2 Å². The number of rotatable bonds is 5. The molecule has 0 amide bonds. The first-order valence-electron chi connectivity index (χ1n) is 5.73. The van der Waals surface area contributed by atoms with Crippen molar-refractivity contribution in [3.8, 4) is 0 Å². The van der Waals surface area contributed by atoms with Gasteiger partial charge in [-0.15, -0.1) is 0 Å². The quantitative estimate of drug-likeness (QED) is 0.342. The molecular weight excluding hydrogens is 240 g/mol. The van der Waals surface area contributed by atoms with Gasteiger partial charge in [0.2, 0.25) is 0 Å². The Kier molecular flexibility index (Phi) is 4.56. The molecule has 0 saturated carbocycles. The predicted molar refractivity (Wildman–Crippen MR) is 74.7 cm³/mol. The van der Waals surface area contributed by atoms with Gasteiger partial charge in [0.25, 0.3) is 0 Å². The van der Waals surface area contributed by atoms with Crippen LogP contribution in [0.25, 0.3) is 16.1 Å². The summed E-state index contributed by atoms with van der Waals surface area (Å²) in [6.07, 6.45) is 6.69. The molecule has 0 aliphatic heterocycles. The van der Waals surface area contributed by atoms with Gasteiger partial charge in [0.15, 0.2) is 0 Å². The van der Waals surface area contributed by atoms with Gasteiger partial charge in [-0.1, -0.05) is 41.5 Å². The second-order valence-corrected chi connectivity index (χ2v) is 3.70. The summed E-state index contributed by atoms with van der Waals surface area (Å²) in [5, 5.41) is 3.68. The zero-order chi connectivity index (χ0) is 13.3. The topological polar surface area (TPSA) is 74.3 Å². The van der Waals surface area contributed by atoms with E-state index in [0.29, 0.717) is 12.2 Å². The average Bonchev–Trinajstić information content (AvgIpc) is 2.96. The van der Waals surface area contributed by atoms with E-state index in [0.717, 1.165) is 11.1 Å². The second kappa shape index (κ2) is 6.83. The lowest BCUT2D eigenvalue weighted by Gasteiger charge is -1.99. The monoisotopic (exact) mass is 252 g/mol. The van der Waals surface area contributed by atoms with Crippen molar-refractivity contribution in [1.82, 2.24) is 0 Å². The maximum atomic E-state index is 8.57. The van der Waals surface area contributed by atoms with Crippen LogP contribution in [0, 0.1) is 0 Å². The van der Waals surface area contributed by atoms with Crippen molar-refractivity contribution in [1.29, 1.82) is 0 Å². The number of aliphatic imine (C=N–C) groups is 1. The highest BCUT2D eigenvalue weighted by Gasteiger charge is 1.96. The van der Waals surface area contributed by atoms with Crippen LogP contribution in [0.4, 0.5) is 0 Å². The highest BCUT2D eigenvalue weighted by molar-refractivity contribution is 5.79. The smallest absolute Gasteiger partial charge is 0.0990 e. The largest absolute Gasteiger partial charge is 0.472 e. The average molecular weight is 252 g/mol. The van der Waals surface area contributed by atoms with E-state index in [1.54, 1.807) is 24.8 Å². The van der Waals surface area contributed by atoms with Gasteiger partial charge in [0.1, 0.15) is 0 Å².